The molecule has 0 radical (unpaired) electrons. The van der Waals surface area contributed by atoms with Crippen molar-refractivity contribution in [1.29, 1.82) is 0 Å². The van der Waals surface area contributed by atoms with Crippen molar-refractivity contribution in [3.05, 3.63) is 28.2 Å². The first-order valence-corrected chi connectivity index (χ1v) is 5.88. The zero-order valence-electron chi connectivity index (χ0n) is 9.37. The van der Waals surface area contributed by atoms with E-state index in [1.54, 1.807) is 25.1 Å². The van der Waals surface area contributed by atoms with Crippen molar-refractivity contribution < 1.29 is 14.6 Å². The third-order valence-electron chi connectivity index (χ3n) is 2.39. The van der Waals surface area contributed by atoms with Crippen LogP contribution in [0, 0.1) is 0 Å². The lowest BCUT2D eigenvalue weighted by molar-refractivity contribution is 0.00823. The van der Waals surface area contributed by atoms with E-state index >= 15 is 0 Å². The number of hydrogen-bond acceptors (Lipinski definition) is 3. The molecule has 1 N–H and O–H groups in total. The summed E-state index contributed by atoms with van der Waals surface area (Å²) in [4.78, 5) is 10.5. The van der Waals surface area contributed by atoms with Crippen molar-refractivity contribution in [3.63, 3.8) is 0 Å². The van der Waals surface area contributed by atoms with Crippen LogP contribution in [0.3, 0.4) is 0 Å². The molecule has 0 fully saturated rings. The SMILES string of the molecule is CCC(C)(O)COc1ccc(C=O)cc1Br. The molecular formula is C12H15BrO3. The maximum atomic E-state index is 10.5. The molecule has 0 aliphatic rings. The molecule has 0 spiro atoms. The number of aliphatic hydroxyl groups is 1. The van der Waals surface area contributed by atoms with Crippen LogP contribution in [0.4, 0.5) is 0 Å². The smallest absolute Gasteiger partial charge is 0.150 e. The standard InChI is InChI=1S/C12H15BrO3/c1-3-12(2,15)8-16-11-5-4-9(7-14)6-10(11)13/h4-7,15H,3,8H2,1-2H3. The molecule has 3 nitrogen and oxygen atoms in total. The first-order valence-electron chi connectivity index (χ1n) is 5.08. The summed E-state index contributed by atoms with van der Waals surface area (Å²) >= 11 is 3.31. The zero-order chi connectivity index (χ0) is 12.2. The Kier molecular flexibility index (Phi) is 4.50. The molecule has 0 saturated carbocycles. The average Bonchev–Trinajstić information content (AvgIpc) is 2.27. The van der Waals surface area contributed by atoms with E-state index in [0.717, 1.165) is 6.29 Å². The lowest BCUT2D eigenvalue weighted by Crippen LogP contribution is -2.31. The third-order valence-corrected chi connectivity index (χ3v) is 3.01. The number of aldehydes is 1. The molecular weight excluding hydrogens is 272 g/mol. The average molecular weight is 287 g/mol. The van der Waals surface area contributed by atoms with E-state index < -0.39 is 5.60 Å². The minimum atomic E-state index is -0.831. The van der Waals surface area contributed by atoms with Crippen LogP contribution in [-0.4, -0.2) is 23.6 Å². The van der Waals surface area contributed by atoms with Gasteiger partial charge in [0.15, 0.2) is 0 Å². The predicted molar refractivity (Wildman–Crippen MR) is 65.9 cm³/mol. The summed E-state index contributed by atoms with van der Waals surface area (Å²) in [5.74, 6) is 0.624. The van der Waals surface area contributed by atoms with Crippen molar-refractivity contribution in [2.75, 3.05) is 6.61 Å². The number of ether oxygens (including phenoxy) is 1. The number of rotatable bonds is 5. The maximum absolute atomic E-state index is 10.5. The Labute approximate surface area is 104 Å². The van der Waals surface area contributed by atoms with E-state index in [4.69, 9.17) is 4.74 Å². The van der Waals surface area contributed by atoms with Crippen molar-refractivity contribution >= 4 is 22.2 Å². The van der Waals surface area contributed by atoms with E-state index in [-0.39, 0.29) is 6.61 Å². The van der Waals surface area contributed by atoms with Gasteiger partial charge in [0.25, 0.3) is 0 Å². The summed E-state index contributed by atoms with van der Waals surface area (Å²) in [6.45, 7) is 3.84. The van der Waals surface area contributed by atoms with Gasteiger partial charge in [-0.1, -0.05) is 6.92 Å². The molecule has 4 heteroatoms. The normalized spacial score (nSPS) is 14.2. The summed E-state index contributed by atoms with van der Waals surface area (Å²) in [6, 6.07) is 5.07. The zero-order valence-corrected chi connectivity index (χ0v) is 11.0. The molecule has 0 amide bonds. The van der Waals surface area contributed by atoms with E-state index in [1.165, 1.54) is 0 Å². The van der Waals surface area contributed by atoms with E-state index in [9.17, 15) is 9.90 Å². The largest absolute Gasteiger partial charge is 0.489 e. The molecule has 0 heterocycles. The van der Waals surface area contributed by atoms with Crippen LogP contribution in [0.1, 0.15) is 30.6 Å². The van der Waals surface area contributed by atoms with Gasteiger partial charge in [-0.15, -0.1) is 0 Å². The second-order valence-corrected chi connectivity index (χ2v) is 4.80. The molecule has 1 aromatic rings. The highest BCUT2D eigenvalue weighted by Gasteiger charge is 2.18. The molecule has 0 aliphatic carbocycles. The summed E-state index contributed by atoms with van der Waals surface area (Å²) in [6.07, 6.45) is 1.40. The molecule has 0 bridgehead atoms. The van der Waals surface area contributed by atoms with Gasteiger partial charge >= 0.3 is 0 Å². The number of carbonyl (C=O) groups is 1. The van der Waals surface area contributed by atoms with Crippen LogP contribution in [0.2, 0.25) is 0 Å². The van der Waals surface area contributed by atoms with Crippen molar-refractivity contribution in [2.24, 2.45) is 0 Å². The van der Waals surface area contributed by atoms with Crippen molar-refractivity contribution in [1.82, 2.24) is 0 Å². The van der Waals surface area contributed by atoms with Gasteiger partial charge in [-0.2, -0.15) is 0 Å². The number of halogens is 1. The molecule has 1 atom stereocenters. The highest BCUT2D eigenvalue weighted by Crippen LogP contribution is 2.26. The highest BCUT2D eigenvalue weighted by molar-refractivity contribution is 9.10. The fourth-order valence-electron chi connectivity index (χ4n) is 1.04. The molecule has 0 aliphatic heterocycles. The second kappa shape index (κ2) is 5.46. The summed E-state index contributed by atoms with van der Waals surface area (Å²) in [5, 5.41) is 9.78. The highest BCUT2D eigenvalue weighted by atomic mass is 79.9. The fourth-order valence-corrected chi connectivity index (χ4v) is 1.55. The Morgan fingerprint density at radius 1 is 1.56 bits per heavy atom. The Balaban J connectivity index is 2.71. The van der Waals surface area contributed by atoms with Gasteiger partial charge in [-0.05, 0) is 47.5 Å². The van der Waals surface area contributed by atoms with Crippen LogP contribution >= 0.6 is 15.9 Å². The molecule has 0 aromatic heterocycles. The van der Waals surface area contributed by atoms with Gasteiger partial charge in [-0.25, -0.2) is 0 Å². The van der Waals surface area contributed by atoms with Crippen LogP contribution in [0.15, 0.2) is 22.7 Å². The summed E-state index contributed by atoms with van der Waals surface area (Å²) in [5.41, 5.74) is -0.246. The first kappa shape index (κ1) is 13.2. The molecule has 88 valence electrons. The Hall–Kier alpha value is -0.870. The van der Waals surface area contributed by atoms with E-state index in [1.807, 2.05) is 6.92 Å². The molecule has 0 saturated heterocycles. The van der Waals surface area contributed by atoms with E-state index in [2.05, 4.69) is 15.9 Å². The van der Waals surface area contributed by atoms with Gasteiger partial charge in [0.2, 0.25) is 0 Å². The van der Waals surface area contributed by atoms with Crippen LogP contribution in [0.5, 0.6) is 5.75 Å². The number of carbonyl (C=O) groups excluding carboxylic acids is 1. The van der Waals surface area contributed by atoms with Crippen molar-refractivity contribution in [2.45, 2.75) is 25.9 Å². The second-order valence-electron chi connectivity index (χ2n) is 3.95. The van der Waals surface area contributed by atoms with Gasteiger partial charge in [0.1, 0.15) is 18.6 Å². The Bertz CT molecular complexity index is 375. The van der Waals surface area contributed by atoms with Gasteiger partial charge in [-0.3, -0.25) is 4.79 Å². The Morgan fingerprint density at radius 3 is 2.75 bits per heavy atom. The topological polar surface area (TPSA) is 46.5 Å². The maximum Gasteiger partial charge on any atom is 0.150 e. The first-order chi connectivity index (χ1) is 7.48. The summed E-state index contributed by atoms with van der Waals surface area (Å²) < 4.78 is 6.19. The lowest BCUT2D eigenvalue weighted by atomic mass is 10.1. The third kappa shape index (κ3) is 3.61. The number of hydrogen-bond donors (Lipinski definition) is 1. The molecule has 1 aromatic carbocycles. The summed E-state index contributed by atoms with van der Waals surface area (Å²) in [7, 11) is 0. The minimum absolute atomic E-state index is 0.225. The molecule has 1 unspecified atom stereocenters. The quantitative estimate of drug-likeness (QED) is 0.847. The van der Waals surface area contributed by atoms with Gasteiger partial charge in [0.05, 0.1) is 10.1 Å². The minimum Gasteiger partial charge on any atom is -0.489 e. The van der Waals surface area contributed by atoms with Gasteiger partial charge in [0, 0.05) is 5.56 Å². The monoisotopic (exact) mass is 286 g/mol. The Morgan fingerprint density at radius 2 is 2.25 bits per heavy atom. The number of benzene rings is 1. The van der Waals surface area contributed by atoms with Gasteiger partial charge < -0.3 is 9.84 Å². The van der Waals surface area contributed by atoms with Crippen molar-refractivity contribution in [3.8, 4) is 5.75 Å². The van der Waals surface area contributed by atoms with Crippen LogP contribution in [-0.2, 0) is 0 Å². The lowest BCUT2D eigenvalue weighted by Gasteiger charge is -2.21. The molecule has 1 rings (SSSR count). The van der Waals surface area contributed by atoms with E-state index in [0.29, 0.717) is 22.2 Å². The predicted octanol–water partition coefficient (Wildman–Crippen LogP) is 2.80. The molecule has 16 heavy (non-hydrogen) atoms. The van der Waals surface area contributed by atoms with Crippen LogP contribution < -0.4 is 4.74 Å². The fraction of sp³-hybridized carbons (Fsp3) is 0.417. The van der Waals surface area contributed by atoms with Crippen LogP contribution in [0.25, 0.3) is 0 Å².